The highest BCUT2D eigenvalue weighted by Gasteiger charge is 2.14. The van der Waals surface area contributed by atoms with Crippen molar-refractivity contribution in [3.8, 4) is 0 Å². The van der Waals surface area contributed by atoms with E-state index in [9.17, 15) is 4.79 Å². The van der Waals surface area contributed by atoms with Crippen LogP contribution in [0, 0.1) is 0 Å². The van der Waals surface area contributed by atoms with E-state index < -0.39 is 0 Å². The maximum absolute atomic E-state index is 12.0. The van der Waals surface area contributed by atoms with Crippen molar-refractivity contribution in [2.45, 2.75) is 13.3 Å². The number of amides is 1. The Morgan fingerprint density at radius 2 is 2.25 bits per heavy atom. The van der Waals surface area contributed by atoms with E-state index in [2.05, 4.69) is 20.9 Å². The van der Waals surface area contributed by atoms with Gasteiger partial charge in [-0.15, -0.1) is 0 Å². The third-order valence-electron chi connectivity index (χ3n) is 2.10. The van der Waals surface area contributed by atoms with Crippen molar-refractivity contribution in [2.24, 2.45) is 0 Å². The molecule has 16 heavy (non-hydrogen) atoms. The molecule has 0 aliphatic rings. The van der Waals surface area contributed by atoms with Crippen LogP contribution in [0.1, 0.15) is 23.7 Å². The molecule has 0 unspecified atom stereocenters. The Morgan fingerprint density at radius 3 is 2.81 bits per heavy atom. The highest BCUT2D eigenvalue weighted by Crippen LogP contribution is 2.11. The van der Waals surface area contributed by atoms with Gasteiger partial charge in [0.25, 0.3) is 5.91 Å². The molecule has 0 spiro atoms. The summed E-state index contributed by atoms with van der Waals surface area (Å²) in [6.45, 7) is 2.98. The first-order valence-corrected chi connectivity index (χ1v) is 5.99. The van der Waals surface area contributed by atoms with Crippen LogP contribution in [-0.2, 0) is 0 Å². The fraction of sp³-hybridized carbons (Fsp3) is 0.455. The fourth-order valence-corrected chi connectivity index (χ4v) is 1.78. The summed E-state index contributed by atoms with van der Waals surface area (Å²) in [7, 11) is 0. The van der Waals surface area contributed by atoms with Crippen molar-refractivity contribution in [2.75, 3.05) is 19.7 Å². The molecule has 1 aromatic heterocycles. The van der Waals surface area contributed by atoms with Crippen LogP contribution in [0.15, 0.2) is 22.9 Å². The second-order valence-electron chi connectivity index (χ2n) is 3.41. The summed E-state index contributed by atoms with van der Waals surface area (Å²) in [6, 6.07) is 1.73. The number of carbonyl (C=O) groups excluding carboxylic acids is 1. The average Bonchev–Trinajstić information content (AvgIpc) is 2.28. The Hall–Kier alpha value is -0.940. The van der Waals surface area contributed by atoms with Crippen LogP contribution < -0.4 is 0 Å². The molecule has 0 fully saturated rings. The summed E-state index contributed by atoms with van der Waals surface area (Å²) in [5.74, 6) is -0.0929. The van der Waals surface area contributed by atoms with Gasteiger partial charge in [0.2, 0.25) is 0 Å². The van der Waals surface area contributed by atoms with Crippen LogP contribution in [0.25, 0.3) is 0 Å². The zero-order valence-electron chi connectivity index (χ0n) is 9.19. The lowest BCUT2D eigenvalue weighted by atomic mass is 10.2. The molecule has 1 heterocycles. The summed E-state index contributed by atoms with van der Waals surface area (Å²) in [5.41, 5.74) is 0.538. The molecule has 0 saturated carbocycles. The molecule has 0 bridgehead atoms. The van der Waals surface area contributed by atoms with Gasteiger partial charge in [-0.1, -0.05) is 6.92 Å². The normalized spacial score (nSPS) is 10.2. The SMILES string of the molecule is CCCN(CCO)C(=O)c1cncc(Br)c1. The van der Waals surface area contributed by atoms with Gasteiger partial charge < -0.3 is 10.0 Å². The first-order chi connectivity index (χ1) is 7.69. The molecule has 0 saturated heterocycles. The molecule has 1 aromatic rings. The molecule has 1 amide bonds. The monoisotopic (exact) mass is 286 g/mol. The summed E-state index contributed by atoms with van der Waals surface area (Å²) in [4.78, 5) is 17.6. The number of nitrogens with zero attached hydrogens (tertiary/aromatic N) is 2. The second kappa shape index (κ2) is 6.60. The molecular weight excluding hydrogens is 272 g/mol. The smallest absolute Gasteiger partial charge is 0.255 e. The Morgan fingerprint density at radius 1 is 1.50 bits per heavy atom. The summed E-state index contributed by atoms with van der Waals surface area (Å²) in [6.07, 6.45) is 4.04. The molecular formula is C11H15BrN2O2. The van der Waals surface area contributed by atoms with E-state index in [1.54, 1.807) is 17.2 Å². The van der Waals surface area contributed by atoms with Crippen molar-refractivity contribution in [3.63, 3.8) is 0 Å². The van der Waals surface area contributed by atoms with Crippen LogP contribution in [0.4, 0.5) is 0 Å². The number of hydrogen-bond donors (Lipinski definition) is 1. The zero-order valence-corrected chi connectivity index (χ0v) is 10.8. The van der Waals surface area contributed by atoms with E-state index in [1.165, 1.54) is 6.20 Å². The quantitative estimate of drug-likeness (QED) is 0.896. The Kier molecular flexibility index (Phi) is 5.42. The average molecular weight is 287 g/mol. The summed E-state index contributed by atoms with van der Waals surface area (Å²) < 4.78 is 0.777. The van der Waals surface area contributed by atoms with Crippen molar-refractivity contribution in [3.05, 3.63) is 28.5 Å². The van der Waals surface area contributed by atoms with Crippen LogP contribution >= 0.6 is 15.9 Å². The minimum Gasteiger partial charge on any atom is -0.395 e. The highest BCUT2D eigenvalue weighted by atomic mass is 79.9. The van der Waals surface area contributed by atoms with E-state index in [0.717, 1.165) is 10.9 Å². The first-order valence-electron chi connectivity index (χ1n) is 5.19. The molecule has 0 aromatic carbocycles. The number of hydrogen-bond acceptors (Lipinski definition) is 3. The predicted octanol–water partition coefficient (Wildman–Crippen LogP) is 1.69. The fourth-order valence-electron chi connectivity index (χ4n) is 1.42. The van der Waals surface area contributed by atoms with Crippen LogP contribution in [0.3, 0.4) is 0 Å². The highest BCUT2D eigenvalue weighted by molar-refractivity contribution is 9.10. The van der Waals surface area contributed by atoms with Crippen LogP contribution in [0.2, 0.25) is 0 Å². The summed E-state index contributed by atoms with van der Waals surface area (Å²) in [5, 5.41) is 8.89. The van der Waals surface area contributed by atoms with Crippen LogP contribution in [0.5, 0.6) is 0 Å². The molecule has 88 valence electrons. The summed E-state index contributed by atoms with van der Waals surface area (Å²) >= 11 is 3.27. The first kappa shape index (κ1) is 13.1. The van der Waals surface area contributed by atoms with Gasteiger partial charge in [-0.2, -0.15) is 0 Å². The van der Waals surface area contributed by atoms with Gasteiger partial charge >= 0.3 is 0 Å². The standard InChI is InChI=1S/C11H15BrN2O2/c1-2-3-14(4-5-15)11(16)9-6-10(12)8-13-7-9/h6-8,15H,2-5H2,1H3. The predicted molar refractivity (Wildman–Crippen MR) is 65.2 cm³/mol. The van der Waals surface area contributed by atoms with Gasteiger partial charge in [-0.25, -0.2) is 0 Å². The van der Waals surface area contributed by atoms with E-state index in [0.29, 0.717) is 18.7 Å². The number of carbonyl (C=O) groups is 1. The topological polar surface area (TPSA) is 53.4 Å². The van der Waals surface area contributed by atoms with E-state index >= 15 is 0 Å². The number of aliphatic hydroxyl groups excluding tert-OH is 1. The molecule has 0 radical (unpaired) electrons. The number of aliphatic hydroxyl groups is 1. The molecule has 5 heteroatoms. The molecule has 0 aliphatic heterocycles. The maximum Gasteiger partial charge on any atom is 0.255 e. The van der Waals surface area contributed by atoms with Crippen molar-refractivity contribution in [1.29, 1.82) is 0 Å². The lowest BCUT2D eigenvalue weighted by molar-refractivity contribution is 0.0721. The molecule has 0 aliphatic carbocycles. The number of halogens is 1. The van der Waals surface area contributed by atoms with Crippen molar-refractivity contribution < 1.29 is 9.90 Å². The van der Waals surface area contributed by atoms with Crippen LogP contribution in [-0.4, -0.2) is 40.6 Å². The van der Waals surface area contributed by atoms with Gasteiger partial charge in [0.15, 0.2) is 0 Å². The van der Waals surface area contributed by atoms with Gasteiger partial charge in [0.1, 0.15) is 0 Å². The third-order valence-corrected chi connectivity index (χ3v) is 2.54. The molecule has 4 nitrogen and oxygen atoms in total. The largest absolute Gasteiger partial charge is 0.395 e. The Bertz CT molecular complexity index is 352. The number of pyridine rings is 1. The minimum absolute atomic E-state index is 0.0207. The van der Waals surface area contributed by atoms with E-state index in [1.807, 2.05) is 6.92 Å². The molecule has 1 N–H and O–H groups in total. The second-order valence-corrected chi connectivity index (χ2v) is 4.32. The lowest BCUT2D eigenvalue weighted by Gasteiger charge is -2.20. The van der Waals surface area contributed by atoms with Crippen molar-refractivity contribution in [1.82, 2.24) is 9.88 Å². The molecule has 0 atom stereocenters. The van der Waals surface area contributed by atoms with Gasteiger partial charge in [-0.3, -0.25) is 9.78 Å². The van der Waals surface area contributed by atoms with Gasteiger partial charge in [-0.05, 0) is 28.4 Å². The molecule has 1 rings (SSSR count). The minimum atomic E-state index is -0.0929. The van der Waals surface area contributed by atoms with E-state index in [4.69, 9.17) is 5.11 Å². The lowest BCUT2D eigenvalue weighted by Crippen LogP contribution is -2.34. The number of rotatable bonds is 5. The maximum atomic E-state index is 12.0. The third kappa shape index (κ3) is 3.57. The Labute approximate surface area is 103 Å². The van der Waals surface area contributed by atoms with Gasteiger partial charge in [0, 0.05) is 30.0 Å². The van der Waals surface area contributed by atoms with Crippen molar-refractivity contribution >= 4 is 21.8 Å². The number of aromatic nitrogens is 1. The van der Waals surface area contributed by atoms with Gasteiger partial charge in [0.05, 0.1) is 12.2 Å². The zero-order chi connectivity index (χ0) is 12.0. The Balaban J connectivity index is 2.81. The van der Waals surface area contributed by atoms with E-state index in [-0.39, 0.29) is 12.5 Å².